The largest absolute Gasteiger partial charge is 0.497 e. The average molecular weight is 303 g/mol. The molecule has 2 N–H and O–H groups in total. The van der Waals surface area contributed by atoms with Gasteiger partial charge in [0.1, 0.15) is 11.5 Å². The SMILES string of the molecule is COc1ccc([C@@H](CO)N2CCNCC2)c(OC)c1.Cl. The van der Waals surface area contributed by atoms with Crippen LogP contribution in [0.1, 0.15) is 11.6 Å². The third-order valence-electron chi connectivity index (χ3n) is 3.56. The lowest BCUT2D eigenvalue weighted by Gasteiger charge is -2.34. The van der Waals surface area contributed by atoms with E-state index in [1.54, 1.807) is 14.2 Å². The summed E-state index contributed by atoms with van der Waals surface area (Å²) in [5, 5.41) is 13.0. The molecular weight excluding hydrogens is 280 g/mol. The van der Waals surface area contributed by atoms with Gasteiger partial charge in [0, 0.05) is 37.8 Å². The number of ether oxygens (including phenoxy) is 2. The molecule has 1 aromatic rings. The molecule has 5 nitrogen and oxygen atoms in total. The molecule has 0 radical (unpaired) electrons. The number of hydrogen-bond acceptors (Lipinski definition) is 5. The van der Waals surface area contributed by atoms with Crippen LogP contribution in [0.4, 0.5) is 0 Å². The molecule has 0 amide bonds. The molecule has 1 fully saturated rings. The van der Waals surface area contributed by atoms with Crippen molar-refractivity contribution >= 4 is 12.4 Å². The van der Waals surface area contributed by atoms with Crippen LogP contribution in [0.25, 0.3) is 0 Å². The zero-order chi connectivity index (χ0) is 13.7. The summed E-state index contributed by atoms with van der Waals surface area (Å²) >= 11 is 0. The quantitative estimate of drug-likeness (QED) is 0.852. The van der Waals surface area contributed by atoms with Crippen molar-refractivity contribution < 1.29 is 14.6 Å². The summed E-state index contributed by atoms with van der Waals surface area (Å²) in [7, 11) is 3.28. The molecule has 114 valence electrons. The first-order valence-corrected chi connectivity index (χ1v) is 6.57. The molecule has 1 aromatic carbocycles. The molecule has 1 heterocycles. The highest BCUT2D eigenvalue weighted by atomic mass is 35.5. The Hall–Kier alpha value is -1.01. The molecule has 0 spiro atoms. The van der Waals surface area contributed by atoms with Gasteiger partial charge in [-0.3, -0.25) is 4.90 Å². The summed E-state index contributed by atoms with van der Waals surface area (Å²) in [6, 6.07) is 5.71. The number of halogens is 1. The number of aliphatic hydroxyl groups excluding tert-OH is 1. The number of nitrogens with one attached hydrogen (secondary N) is 1. The van der Waals surface area contributed by atoms with Gasteiger partial charge in [-0.25, -0.2) is 0 Å². The molecule has 0 unspecified atom stereocenters. The lowest BCUT2D eigenvalue weighted by atomic mass is 10.0. The molecule has 0 saturated carbocycles. The minimum atomic E-state index is -0.0250. The summed E-state index contributed by atoms with van der Waals surface area (Å²) in [5.74, 6) is 1.52. The van der Waals surface area contributed by atoms with Crippen LogP contribution < -0.4 is 14.8 Å². The van der Waals surface area contributed by atoms with Crippen LogP contribution in [-0.4, -0.2) is 57.0 Å². The lowest BCUT2D eigenvalue weighted by Crippen LogP contribution is -2.46. The molecule has 20 heavy (non-hydrogen) atoms. The monoisotopic (exact) mass is 302 g/mol. The van der Waals surface area contributed by atoms with Crippen molar-refractivity contribution in [1.82, 2.24) is 10.2 Å². The van der Waals surface area contributed by atoms with Crippen LogP contribution >= 0.6 is 12.4 Å². The molecule has 6 heteroatoms. The second-order valence-electron chi connectivity index (χ2n) is 4.59. The topological polar surface area (TPSA) is 54.0 Å². The van der Waals surface area contributed by atoms with Crippen LogP contribution in [-0.2, 0) is 0 Å². The third kappa shape index (κ3) is 3.76. The van der Waals surface area contributed by atoms with Crippen molar-refractivity contribution in [2.75, 3.05) is 47.0 Å². The van der Waals surface area contributed by atoms with E-state index in [0.29, 0.717) is 0 Å². The first kappa shape index (κ1) is 17.0. The second-order valence-corrected chi connectivity index (χ2v) is 4.59. The van der Waals surface area contributed by atoms with E-state index in [4.69, 9.17) is 9.47 Å². The predicted octanol–water partition coefficient (Wildman–Crippen LogP) is 1.06. The van der Waals surface area contributed by atoms with Gasteiger partial charge >= 0.3 is 0 Å². The number of hydrogen-bond donors (Lipinski definition) is 2. The van der Waals surface area contributed by atoms with Crippen molar-refractivity contribution in [1.29, 1.82) is 0 Å². The lowest BCUT2D eigenvalue weighted by molar-refractivity contribution is 0.109. The molecule has 0 aliphatic carbocycles. The fraction of sp³-hybridized carbons (Fsp3) is 0.571. The molecule has 2 rings (SSSR count). The van der Waals surface area contributed by atoms with Gasteiger partial charge in [0.2, 0.25) is 0 Å². The van der Waals surface area contributed by atoms with Gasteiger partial charge in [0.05, 0.1) is 26.9 Å². The van der Waals surface area contributed by atoms with E-state index >= 15 is 0 Å². The number of benzene rings is 1. The highest BCUT2D eigenvalue weighted by Gasteiger charge is 2.24. The second kappa shape index (κ2) is 8.32. The molecule has 1 aliphatic heterocycles. The van der Waals surface area contributed by atoms with E-state index in [1.807, 2.05) is 18.2 Å². The molecule has 0 aromatic heterocycles. The zero-order valence-electron chi connectivity index (χ0n) is 12.0. The van der Waals surface area contributed by atoms with Crippen molar-refractivity contribution in [3.8, 4) is 11.5 Å². The minimum absolute atomic E-state index is 0. The Morgan fingerprint density at radius 2 is 1.95 bits per heavy atom. The first-order valence-electron chi connectivity index (χ1n) is 6.57. The van der Waals surface area contributed by atoms with Gasteiger partial charge in [0.15, 0.2) is 0 Å². The van der Waals surface area contributed by atoms with E-state index in [9.17, 15) is 5.11 Å². The number of aliphatic hydroxyl groups is 1. The van der Waals surface area contributed by atoms with Crippen molar-refractivity contribution in [2.45, 2.75) is 6.04 Å². The van der Waals surface area contributed by atoms with Gasteiger partial charge in [-0.2, -0.15) is 0 Å². The minimum Gasteiger partial charge on any atom is -0.497 e. The Kier molecular flexibility index (Phi) is 7.09. The Labute approximate surface area is 126 Å². The van der Waals surface area contributed by atoms with E-state index in [1.165, 1.54) is 0 Å². The molecule has 1 aliphatic rings. The normalized spacial score (nSPS) is 17.1. The van der Waals surface area contributed by atoms with Crippen molar-refractivity contribution in [2.24, 2.45) is 0 Å². The summed E-state index contributed by atoms with van der Waals surface area (Å²) in [4.78, 5) is 2.28. The van der Waals surface area contributed by atoms with E-state index in [-0.39, 0.29) is 25.1 Å². The van der Waals surface area contributed by atoms with E-state index < -0.39 is 0 Å². The predicted molar refractivity (Wildman–Crippen MR) is 81.1 cm³/mol. The van der Waals surface area contributed by atoms with Crippen LogP contribution in [0.2, 0.25) is 0 Å². The maximum absolute atomic E-state index is 9.73. The summed E-state index contributed by atoms with van der Waals surface area (Å²) in [6.07, 6.45) is 0. The van der Waals surface area contributed by atoms with Gasteiger partial charge in [-0.1, -0.05) is 0 Å². The van der Waals surface area contributed by atoms with Crippen molar-refractivity contribution in [3.63, 3.8) is 0 Å². The molecular formula is C14H23ClN2O3. The van der Waals surface area contributed by atoms with Crippen LogP contribution in [0.3, 0.4) is 0 Å². The van der Waals surface area contributed by atoms with Gasteiger partial charge < -0.3 is 19.9 Å². The van der Waals surface area contributed by atoms with Gasteiger partial charge in [-0.15, -0.1) is 12.4 Å². The zero-order valence-corrected chi connectivity index (χ0v) is 12.8. The van der Waals surface area contributed by atoms with Crippen LogP contribution in [0.15, 0.2) is 18.2 Å². The summed E-state index contributed by atoms with van der Waals surface area (Å²) in [5.41, 5.74) is 1.01. The van der Waals surface area contributed by atoms with Crippen molar-refractivity contribution in [3.05, 3.63) is 23.8 Å². The molecule has 1 atom stereocenters. The maximum atomic E-state index is 9.73. The highest BCUT2D eigenvalue weighted by molar-refractivity contribution is 5.85. The first-order chi connectivity index (χ1) is 9.30. The fourth-order valence-electron chi connectivity index (χ4n) is 2.50. The average Bonchev–Trinajstić information content (AvgIpc) is 2.49. The summed E-state index contributed by atoms with van der Waals surface area (Å²) < 4.78 is 10.6. The maximum Gasteiger partial charge on any atom is 0.127 e. The standard InChI is InChI=1S/C14H22N2O3.ClH/c1-18-11-3-4-12(14(9-11)19-2)13(10-17)16-7-5-15-6-8-16;/h3-4,9,13,15,17H,5-8,10H2,1-2H3;1H/t13-;/m1./s1. The van der Waals surface area contributed by atoms with Crippen LogP contribution in [0, 0.1) is 0 Å². The number of nitrogens with zero attached hydrogens (tertiary/aromatic N) is 1. The smallest absolute Gasteiger partial charge is 0.127 e. The van der Waals surface area contributed by atoms with Gasteiger partial charge in [0.25, 0.3) is 0 Å². The summed E-state index contributed by atoms with van der Waals surface area (Å²) in [6.45, 7) is 3.85. The number of methoxy groups -OCH3 is 2. The number of piperazine rings is 1. The molecule has 1 saturated heterocycles. The fourth-order valence-corrected chi connectivity index (χ4v) is 2.50. The number of rotatable bonds is 5. The third-order valence-corrected chi connectivity index (χ3v) is 3.56. The van der Waals surface area contributed by atoms with E-state index in [0.717, 1.165) is 43.2 Å². The Balaban J connectivity index is 0.00000200. The Morgan fingerprint density at radius 3 is 2.50 bits per heavy atom. The van der Waals surface area contributed by atoms with Crippen LogP contribution in [0.5, 0.6) is 11.5 Å². The molecule has 0 bridgehead atoms. The Bertz CT molecular complexity index is 411. The van der Waals surface area contributed by atoms with Gasteiger partial charge in [-0.05, 0) is 12.1 Å². The Morgan fingerprint density at radius 1 is 1.25 bits per heavy atom. The van der Waals surface area contributed by atoms with E-state index in [2.05, 4.69) is 10.2 Å². The highest BCUT2D eigenvalue weighted by Crippen LogP contribution is 2.32.